The summed E-state index contributed by atoms with van der Waals surface area (Å²) in [6.45, 7) is 3.16. The van der Waals surface area contributed by atoms with Crippen molar-refractivity contribution in [2.75, 3.05) is 19.6 Å². The van der Waals surface area contributed by atoms with E-state index in [1.54, 1.807) is 0 Å². The first kappa shape index (κ1) is 15.0. The lowest BCUT2D eigenvalue weighted by atomic mass is 9.85. The van der Waals surface area contributed by atoms with Crippen LogP contribution in [0.4, 0.5) is 0 Å². The van der Waals surface area contributed by atoms with Gasteiger partial charge < -0.3 is 9.47 Å². The molecule has 0 spiro atoms. The zero-order chi connectivity index (χ0) is 16.8. The highest BCUT2D eigenvalue weighted by Gasteiger charge is 2.40. The summed E-state index contributed by atoms with van der Waals surface area (Å²) in [7, 11) is 0. The van der Waals surface area contributed by atoms with E-state index in [9.17, 15) is 4.79 Å². The molecule has 2 bridgehead atoms. The molecule has 4 heteroatoms. The van der Waals surface area contributed by atoms with Gasteiger partial charge in [0.2, 0.25) is 0 Å². The smallest absolute Gasteiger partial charge is 0.318 e. The molecule has 25 heavy (non-hydrogen) atoms. The van der Waals surface area contributed by atoms with Gasteiger partial charge in [0.05, 0.1) is 0 Å². The predicted octanol–water partition coefficient (Wildman–Crippen LogP) is 3.56. The first-order chi connectivity index (χ1) is 12.3. The lowest BCUT2D eigenvalue weighted by molar-refractivity contribution is -0.159. The molecule has 0 unspecified atom stereocenters. The molecule has 0 N–H and O–H groups in total. The van der Waals surface area contributed by atoms with Crippen LogP contribution in [0.2, 0.25) is 0 Å². The highest BCUT2D eigenvalue weighted by Crippen LogP contribution is 2.45. The van der Waals surface area contributed by atoms with Crippen LogP contribution in [0.3, 0.4) is 0 Å². The number of fused-ring (bicyclic) bond motifs is 5. The van der Waals surface area contributed by atoms with Crippen LogP contribution in [0.5, 0.6) is 11.5 Å². The summed E-state index contributed by atoms with van der Waals surface area (Å²) in [4.78, 5) is 15.6. The fourth-order valence-electron chi connectivity index (χ4n) is 4.43. The molecule has 6 rings (SSSR count). The van der Waals surface area contributed by atoms with Gasteiger partial charge in [0, 0.05) is 17.7 Å². The zero-order valence-corrected chi connectivity index (χ0v) is 14.1. The summed E-state index contributed by atoms with van der Waals surface area (Å²) in [5, 5.41) is 0. The number of hydrogen-bond donors (Lipinski definition) is 0. The number of ether oxygens (including phenoxy) is 2. The van der Waals surface area contributed by atoms with Crippen LogP contribution in [0.25, 0.3) is 0 Å². The zero-order valence-electron chi connectivity index (χ0n) is 14.1. The van der Waals surface area contributed by atoms with Gasteiger partial charge in [-0.1, -0.05) is 36.4 Å². The van der Waals surface area contributed by atoms with E-state index >= 15 is 0 Å². The Morgan fingerprint density at radius 1 is 0.960 bits per heavy atom. The van der Waals surface area contributed by atoms with Crippen LogP contribution in [0.1, 0.15) is 29.9 Å². The van der Waals surface area contributed by atoms with Crippen LogP contribution in [-0.2, 0) is 9.53 Å². The van der Waals surface area contributed by atoms with Crippen LogP contribution in [0, 0.1) is 5.92 Å². The Labute approximate surface area is 147 Å². The van der Waals surface area contributed by atoms with E-state index in [-0.39, 0.29) is 12.1 Å². The molecule has 0 amide bonds. The van der Waals surface area contributed by atoms with E-state index in [0.717, 1.165) is 55.1 Å². The fourth-order valence-corrected chi connectivity index (χ4v) is 4.43. The normalized spacial score (nSPS) is 27.1. The van der Waals surface area contributed by atoms with Crippen molar-refractivity contribution in [3.63, 3.8) is 0 Å². The summed E-state index contributed by atoms with van der Waals surface area (Å²) in [6, 6.07) is 15.5. The monoisotopic (exact) mass is 335 g/mol. The number of para-hydroxylation sites is 2. The van der Waals surface area contributed by atoms with Crippen molar-refractivity contribution >= 4 is 5.97 Å². The molecule has 4 aliphatic heterocycles. The van der Waals surface area contributed by atoms with Gasteiger partial charge in [-0.15, -0.1) is 0 Å². The molecular formula is C21H21NO3. The second-order valence-corrected chi connectivity index (χ2v) is 7.22. The molecule has 4 aliphatic rings. The van der Waals surface area contributed by atoms with Gasteiger partial charge in [0.15, 0.2) is 0 Å². The summed E-state index contributed by atoms with van der Waals surface area (Å²) < 4.78 is 12.0. The van der Waals surface area contributed by atoms with E-state index < -0.39 is 5.92 Å². The lowest BCUT2D eigenvalue weighted by Gasteiger charge is -2.44. The summed E-state index contributed by atoms with van der Waals surface area (Å²) in [6.07, 6.45) is 2.30. The van der Waals surface area contributed by atoms with E-state index in [4.69, 9.17) is 9.47 Å². The molecule has 3 fully saturated rings. The molecule has 1 atom stereocenters. The quantitative estimate of drug-likeness (QED) is 0.787. The minimum Gasteiger partial charge on any atom is -0.460 e. The minimum absolute atomic E-state index is 0.0252. The number of hydrogen-bond acceptors (Lipinski definition) is 4. The largest absolute Gasteiger partial charge is 0.460 e. The second-order valence-electron chi connectivity index (χ2n) is 7.22. The average molecular weight is 335 g/mol. The van der Waals surface area contributed by atoms with E-state index in [1.165, 1.54) is 0 Å². The molecule has 2 aromatic carbocycles. The highest BCUT2D eigenvalue weighted by molar-refractivity contribution is 5.85. The van der Waals surface area contributed by atoms with Crippen molar-refractivity contribution in [1.29, 1.82) is 0 Å². The summed E-state index contributed by atoms with van der Waals surface area (Å²) >= 11 is 0. The van der Waals surface area contributed by atoms with Gasteiger partial charge in [-0.05, 0) is 44.0 Å². The number of rotatable bonds is 2. The summed E-state index contributed by atoms with van der Waals surface area (Å²) in [5.41, 5.74) is 1.79. The molecule has 4 nitrogen and oxygen atoms in total. The number of benzene rings is 2. The Balaban J connectivity index is 1.47. The molecule has 0 aliphatic carbocycles. The van der Waals surface area contributed by atoms with E-state index in [0.29, 0.717) is 5.92 Å². The third-order valence-electron chi connectivity index (χ3n) is 5.78. The maximum atomic E-state index is 13.2. The maximum absolute atomic E-state index is 13.2. The second kappa shape index (κ2) is 5.88. The SMILES string of the molecule is O=C(O[C@@H]1CN2CCC1CC2)C1c2ccccc2Oc2ccccc21. The van der Waals surface area contributed by atoms with Crippen molar-refractivity contribution in [3.05, 3.63) is 59.7 Å². The van der Waals surface area contributed by atoms with Crippen molar-refractivity contribution in [2.45, 2.75) is 24.9 Å². The van der Waals surface area contributed by atoms with Crippen molar-refractivity contribution < 1.29 is 14.3 Å². The van der Waals surface area contributed by atoms with Gasteiger partial charge >= 0.3 is 5.97 Å². The third kappa shape index (κ3) is 2.52. The van der Waals surface area contributed by atoms with Gasteiger partial charge in [-0.25, -0.2) is 0 Å². The van der Waals surface area contributed by atoms with Gasteiger partial charge in [-0.3, -0.25) is 9.69 Å². The lowest BCUT2D eigenvalue weighted by Crippen LogP contribution is -2.52. The molecular weight excluding hydrogens is 314 g/mol. The van der Waals surface area contributed by atoms with Crippen LogP contribution in [-0.4, -0.2) is 36.6 Å². The van der Waals surface area contributed by atoms with Crippen LogP contribution >= 0.6 is 0 Å². The highest BCUT2D eigenvalue weighted by atomic mass is 16.5. The third-order valence-corrected chi connectivity index (χ3v) is 5.78. The molecule has 2 aromatic rings. The van der Waals surface area contributed by atoms with Crippen LogP contribution < -0.4 is 4.74 Å². The maximum Gasteiger partial charge on any atom is 0.318 e. The topological polar surface area (TPSA) is 38.8 Å². The molecule has 4 heterocycles. The van der Waals surface area contributed by atoms with Crippen molar-refractivity contribution in [2.24, 2.45) is 5.92 Å². The van der Waals surface area contributed by atoms with Crippen LogP contribution in [0.15, 0.2) is 48.5 Å². The predicted molar refractivity (Wildman–Crippen MR) is 93.8 cm³/mol. The number of nitrogens with zero attached hydrogens (tertiary/aromatic N) is 1. The number of esters is 1. The Morgan fingerprint density at radius 3 is 2.12 bits per heavy atom. The molecule has 0 aromatic heterocycles. The van der Waals surface area contributed by atoms with Crippen molar-refractivity contribution in [3.8, 4) is 11.5 Å². The van der Waals surface area contributed by atoms with Gasteiger partial charge in [0.25, 0.3) is 0 Å². The Hall–Kier alpha value is -2.33. The number of carbonyl (C=O) groups is 1. The Kier molecular flexibility index (Phi) is 3.52. The van der Waals surface area contributed by atoms with E-state index in [2.05, 4.69) is 4.90 Å². The Morgan fingerprint density at radius 2 is 1.56 bits per heavy atom. The average Bonchev–Trinajstić information content (AvgIpc) is 2.67. The first-order valence-corrected chi connectivity index (χ1v) is 9.08. The van der Waals surface area contributed by atoms with Gasteiger partial charge in [0.1, 0.15) is 23.5 Å². The fraction of sp³-hybridized carbons (Fsp3) is 0.381. The summed E-state index contributed by atoms with van der Waals surface area (Å²) in [5.74, 6) is 1.45. The molecule has 0 saturated carbocycles. The first-order valence-electron chi connectivity index (χ1n) is 9.08. The van der Waals surface area contributed by atoms with Gasteiger partial charge in [-0.2, -0.15) is 0 Å². The number of carbonyl (C=O) groups excluding carboxylic acids is 1. The Bertz CT molecular complexity index is 765. The van der Waals surface area contributed by atoms with Crippen molar-refractivity contribution in [1.82, 2.24) is 4.90 Å². The minimum atomic E-state index is -0.406. The molecule has 3 saturated heterocycles. The number of piperidine rings is 3. The van der Waals surface area contributed by atoms with E-state index in [1.807, 2.05) is 48.5 Å². The molecule has 128 valence electrons. The standard InChI is InChI=1S/C21H21NO3/c23-21(25-19-13-22-11-9-14(19)10-12-22)20-15-5-1-3-7-17(15)24-18-8-4-2-6-16(18)20/h1-8,14,19-20H,9-13H2/t19-/m1/s1. The molecule has 0 radical (unpaired) electrons.